The molecule has 0 unspecified atom stereocenters. The van der Waals surface area contributed by atoms with E-state index in [1.165, 1.54) is 0 Å². The summed E-state index contributed by atoms with van der Waals surface area (Å²) in [6.07, 6.45) is 2.15. The van der Waals surface area contributed by atoms with Crippen molar-refractivity contribution in [3.63, 3.8) is 0 Å². The van der Waals surface area contributed by atoms with Gasteiger partial charge in [-0.05, 0) is 18.8 Å². The van der Waals surface area contributed by atoms with Gasteiger partial charge in [-0.25, -0.2) is 4.98 Å². The predicted octanol–water partition coefficient (Wildman–Crippen LogP) is 2.71. The molecule has 0 spiro atoms. The Hall–Kier alpha value is -0.410. The van der Waals surface area contributed by atoms with Crippen LogP contribution in [0.4, 0.5) is 0 Å². The maximum absolute atomic E-state index is 9.12. The molecule has 0 amide bonds. The number of rotatable bonds is 4. The van der Waals surface area contributed by atoms with Crippen molar-refractivity contribution in [2.45, 2.75) is 46.1 Å². The lowest BCUT2D eigenvalue weighted by molar-refractivity contribution is 0.283. The average Bonchev–Trinajstić information content (AvgIpc) is 2.48. The summed E-state index contributed by atoms with van der Waals surface area (Å²) in [4.78, 5) is 5.57. The van der Waals surface area contributed by atoms with Crippen LogP contribution in [-0.4, -0.2) is 10.1 Å². The molecule has 0 radical (unpaired) electrons. The Kier molecular flexibility index (Phi) is 3.88. The van der Waals surface area contributed by atoms with Gasteiger partial charge < -0.3 is 5.11 Å². The van der Waals surface area contributed by atoms with Crippen molar-refractivity contribution in [3.8, 4) is 0 Å². The largest absolute Gasteiger partial charge is 0.391 e. The van der Waals surface area contributed by atoms with Gasteiger partial charge in [0.05, 0.1) is 22.2 Å². The Morgan fingerprint density at radius 2 is 2.15 bits per heavy atom. The zero-order valence-corrected chi connectivity index (χ0v) is 9.32. The minimum absolute atomic E-state index is 0.134. The number of thiazole rings is 1. The summed E-state index contributed by atoms with van der Waals surface area (Å²) in [5, 5.41) is 10.3. The standard InChI is InChI=1S/C10H17NOS/c1-4-5-9-11-10(7(2)3)8(6-12)13-9/h7,12H,4-6H2,1-3H3. The summed E-state index contributed by atoms with van der Waals surface area (Å²) in [5.41, 5.74) is 1.08. The Morgan fingerprint density at radius 3 is 2.54 bits per heavy atom. The van der Waals surface area contributed by atoms with E-state index in [9.17, 15) is 0 Å². The lowest BCUT2D eigenvalue weighted by atomic mass is 10.1. The monoisotopic (exact) mass is 199 g/mol. The van der Waals surface area contributed by atoms with E-state index in [1.807, 2.05) is 0 Å². The molecule has 1 N–H and O–H groups in total. The summed E-state index contributed by atoms with van der Waals surface area (Å²) in [7, 11) is 0. The molecular weight excluding hydrogens is 182 g/mol. The lowest BCUT2D eigenvalue weighted by Crippen LogP contribution is -1.93. The van der Waals surface area contributed by atoms with Gasteiger partial charge in [0.2, 0.25) is 0 Å². The van der Waals surface area contributed by atoms with Crippen molar-refractivity contribution in [3.05, 3.63) is 15.6 Å². The zero-order valence-electron chi connectivity index (χ0n) is 8.50. The van der Waals surface area contributed by atoms with Gasteiger partial charge in [0.25, 0.3) is 0 Å². The Bertz CT molecular complexity index is 268. The molecule has 0 saturated heterocycles. The highest BCUT2D eigenvalue weighted by molar-refractivity contribution is 7.11. The lowest BCUT2D eigenvalue weighted by Gasteiger charge is -2.01. The Labute approximate surface area is 83.6 Å². The smallest absolute Gasteiger partial charge is 0.0932 e. The van der Waals surface area contributed by atoms with E-state index < -0.39 is 0 Å². The number of aryl methyl sites for hydroxylation is 1. The van der Waals surface area contributed by atoms with Crippen molar-refractivity contribution in [1.82, 2.24) is 4.98 Å². The molecule has 2 nitrogen and oxygen atoms in total. The normalized spacial score (nSPS) is 11.2. The van der Waals surface area contributed by atoms with Gasteiger partial charge >= 0.3 is 0 Å². The summed E-state index contributed by atoms with van der Waals surface area (Å²) < 4.78 is 0. The summed E-state index contributed by atoms with van der Waals surface area (Å²) in [6.45, 7) is 6.51. The number of aliphatic hydroxyl groups is 1. The van der Waals surface area contributed by atoms with Crippen LogP contribution in [-0.2, 0) is 13.0 Å². The Morgan fingerprint density at radius 1 is 1.46 bits per heavy atom. The fraction of sp³-hybridized carbons (Fsp3) is 0.700. The van der Waals surface area contributed by atoms with E-state index in [2.05, 4.69) is 25.8 Å². The van der Waals surface area contributed by atoms with Gasteiger partial charge in [0.15, 0.2) is 0 Å². The van der Waals surface area contributed by atoms with Crippen molar-refractivity contribution < 1.29 is 5.11 Å². The highest BCUT2D eigenvalue weighted by atomic mass is 32.1. The molecule has 0 aromatic carbocycles. The first-order valence-electron chi connectivity index (χ1n) is 4.78. The van der Waals surface area contributed by atoms with Crippen LogP contribution in [0.2, 0.25) is 0 Å². The van der Waals surface area contributed by atoms with Crippen LogP contribution in [0.3, 0.4) is 0 Å². The van der Waals surface area contributed by atoms with Crippen LogP contribution < -0.4 is 0 Å². The van der Waals surface area contributed by atoms with E-state index in [1.54, 1.807) is 11.3 Å². The molecule has 1 aromatic rings. The van der Waals surface area contributed by atoms with E-state index in [0.717, 1.165) is 28.4 Å². The molecular formula is C10H17NOS. The van der Waals surface area contributed by atoms with Crippen LogP contribution in [0, 0.1) is 0 Å². The second kappa shape index (κ2) is 4.72. The van der Waals surface area contributed by atoms with Gasteiger partial charge in [-0.2, -0.15) is 0 Å². The molecule has 0 aliphatic carbocycles. The van der Waals surface area contributed by atoms with Gasteiger partial charge in [-0.3, -0.25) is 0 Å². The van der Waals surface area contributed by atoms with Crippen molar-refractivity contribution in [1.29, 1.82) is 0 Å². The molecule has 0 aliphatic rings. The van der Waals surface area contributed by atoms with Gasteiger partial charge in [-0.1, -0.05) is 20.8 Å². The number of aliphatic hydroxyl groups excluding tert-OH is 1. The van der Waals surface area contributed by atoms with Crippen LogP contribution in [0.15, 0.2) is 0 Å². The highest BCUT2D eigenvalue weighted by Crippen LogP contribution is 2.25. The molecule has 3 heteroatoms. The summed E-state index contributed by atoms with van der Waals surface area (Å²) in [6, 6.07) is 0. The summed E-state index contributed by atoms with van der Waals surface area (Å²) >= 11 is 1.65. The number of nitrogens with zero attached hydrogens (tertiary/aromatic N) is 1. The fourth-order valence-corrected chi connectivity index (χ4v) is 2.48. The molecule has 1 heterocycles. The fourth-order valence-electron chi connectivity index (χ4n) is 1.30. The third-order valence-electron chi connectivity index (χ3n) is 1.93. The first-order valence-corrected chi connectivity index (χ1v) is 5.60. The third-order valence-corrected chi connectivity index (χ3v) is 3.04. The molecule has 0 aliphatic heterocycles. The first kappa shape index (κ1) is 10.7. The molecule has 13 heavy (non-hydrogen) atoms. The van der Waals surface area contributed by atoms with Gasteiger partial charge in [0.1, 0.15) is 0 Å². The van der Waals surface area contributed by atoms with Crippen molar-refractivity contribution in [2.24, 2.45) is 0 Å². The van der Waals surface area contributed by atoms with Crippen LogP contribution >= 0.6 is 11.3 Å². The zero-order chi connectivity index (χ0) is 9.84. The highest BCUT2D eigenvalue weighted by Gasteiger charge is 2.12. The maximum Gasteiger partial charge on any atom is 0.0932 e. The summed E-state index contributed by atoms with van der Waals surface area (Å²) in [5.74, 6) is 0.420. The SMILES string of the molecule is CCCc1nc(C(C)C)c(CO)s1. The minimum atomic E-state index is 0.134. The average molecular weight is 199 g/mol. The second-order valence-corrected chi connectivity index (χ2v) is 4.65. The Balaban J connectivity index is 2.90. The molecule has 74 valence electrons. The maximum atomic E-state index is 9.12. The second-order valence-electron chi connectivity index (χ2n) is 3.48. The number of hydrogen-bond acceptors (Lipinski definition) is 3. The predicted molar refractivity (Wildman–Crippen MR) is 56.1 cm³/mol. The topological polar surface area (TPSA) is 33.1 Å². The number of aromatic nitrogens is 1. The minimum Gasteiger partial charge on any atom is -0.391 e. The van der Waals surface area contributed by atoms with Crippen LogP contribution in [0.5, 0.6) is 0 Å². The number of hydrogen-bond donors (Lipinski definition) is 1. The third kappa shape index (κ3) is 2.51. The molecule has 0 saturated carbocycles. The molecule has 1 rings (SSSR count). The van der Waals surface area contributed by atoms with Gasteiger partial charge in [0, 0.05) is 0 Å². The molecule has 0 atom stereocenters. The van der Waals surface area contributed by atoms with E-state index in [-0.39, 0.29) is 6.61 Å². The molecule has 1 aromatic heterocycles. The van der Waals surface area contributed by atoms with Crippen LogP contribution in [0.1, 0.15) is 48.7 Å². The van der Waals surface area contributed by atoms with E-state index in [0.29, 0.717) is 5.92 Å². The molecule has 0 fully saturated rings. The van der Waals surface area contributed by atoms with Crippen LogP contribution in [0.25, 0.3) is 0 Å². The molecule has 0 bridgehead atoms. The van der Waals surface area contributed by atoms with Crippen molar-refractivity contribution in [2.75, 3.05) is 0 Å². The van der Waals surface area contributed by atoms with E-state index >= 15 is 0 Å². The van der Waals surface area contributed by atoms with Gasteiger partial charge in [-0.15, -0.1) is 11.3 Å². The quantitative estimate of drug-likeness (QED) is 0.808. The van der Waals surface area contributed by atoms with E-state index in [4.69, 9.17) is 5.11 Å². The first-order chi connectivity index (χ1) is 6.19. The van der Waals surface area contributed by atoms with Crippen molar-refractivity contribution >= 4 is 11.3 Å².